The third kappa shape index (κ3) is 3.98. The van der Waals surface area contributed by atoms with Crippen LogP contribution in [0.25, 0.3) is 0 Å². The van der Waals surface area contributed by atoms with Crippen molar-refractivity contribution in [1.82, 2.24) is 5.01 Å². The van der Waals surface area contributed by atoms with Crippen molar-refractivity contribution in [3.05, 3.63) is 90.5 Å². The van der Waals surface area contributed by atoms with Gasteiger partial charge in [0.15, 0.2) is 4.32 Å². The van der Waals surface area contributed by atoms with Gasteiger partial charge in [-0.1, -0.05) is 72.5 Å². The maximum Gasteiger partial charge on any atom is 0.259 e. The number of hydrogen-bond donors (Lipinski definition) is 0. The van der Waals surface area contributed by atoms with Gasteiger partial charge in [0, 0.05) is 17.1 Å². The predicted molar refractivity (Wildman–Crippen MR) is 121 cm³/mol. The average Bonchev–Trinajstić information content (AvgIpc) is 3.07. The number of amides is 1. The summed E-state index contributed by atoms with van der Waals surface area (Å²) >= 11 is 6.48. The van der Waals surface area contributed by atoms with Crippen molar-refractivity contribution in [2.45, 2.75) is 0 Å². The number of hydrazone groups is 1. The molecule has 1 aliphatic rings. The van der Waals surface area contributed by atoms with Gasteiger partial charge >= 0.3 is 0 Å². The molecule has 1 saturated heterocycles. The summed E-state index contributed by atoms with van der Waals surface area (Å²) in [6, 6.07) is 28.5. The van der Waals surface area contributed by atoms with Crippen LogP contribution in [0.3, 0.4) is 0 Å². The molecule has 28 heavy (non-hydrogen) atoms. The van der Waals surface area contributed by atoms with E-state index in [2.05, 4.69) is 34.3 Å². The Bertz CT molecular complexity index is 949. The zero-order valence-electron chi connectivity index (χ0n) is 14.9. The Morgan fingerprint density at radius 2 is 1.39 bits per heavy atom. The Labute approximate surface area is 173 Å². The van der Waals surface area contributed by atoms with Gasteiger partial charge in [-0.2, -0.15) is 10.1 Å². The van der Waals surface area contributed by atoms with E-state index in [0.29, 0.717) is 10.1 Å². The van der Waals surface area contributed by atoms with E-state index in [0.717, 1.165) is 22.6 Å². The van der Waals surface area contributed by atoms with Gasteiger partial charge in [0.2, 0.25) is 0 Å². The lowest BCUT2D eigenvalue weighted by Gasteiger charge is -2.25. The molecule has 0 aromatic heterocycles. The van der Waals surface area contributed by atoms with Gasteiger partial charge < -0.3 is 4.90 Å². The number of carbonyl (C=O) groups is 1. The number of thioether (sulfide) groups is 1. The number of anilines is 3. The van der Waals surface area contributed by atoms with E-state index >= 15 is 0 Å². The molecule has 0 radical (unpaired) electrons. The second-order valence-corrected chi connectivity index (χ2v) is 7.71. The normalized spacial score (nSPS) is 14.1. The largest absolute Gasteiger partial charge is 0.311 e. The van der Waals surface area contributed by atoms with E-state index in [1.807, 2.05) is 60.7 Å². The highest BCUT2D eigenvalue weighted by molar-refractivity contribution is 8.23. The van der Waals surface area contributed by atoms with E-state index in [1.165, 1.54) is 16.8 Å². The summed E-state index contributed by atoms with van der Waals surface area (Å²) in [7, 11) is 0. The van der Waals surface area contributed by atoms with Crippen molar-refractivity contribution in [2.24, 2.45) is 5.10 Å². The molecule has 0 atom stereocenters. The monoisotopic (exact) mass is 403 g/mol. The zero-order chi connectivity index (χ0) is 19.3. The van der Waals surface area contributed by atoms with E-state index in [9.17, 15) is 4.79 Å². The van der Waals surface area contributed by atoms with Crippen molar-refractivity contribution >= 4 is 57.5 Å². The van der Waals surface area contributed by atoms with E-state index in [1.54, 1.807) is 6.21 Å². The number of thiocarbonyl (C=S) groups is 1. The Morgan fingerprint density at radius 1 is 0.857 bits per heavy atom. The summed E-state index contributed by atoms with van der Waals surface area (Å²) in [4.78, 5) is 14.0. The molecule has 3 aromatic carbocycles. The molecule has 0 saturated carbocycles. The van der Waals surface area contributed by atoms with Crippen molar-refractivity contribution in [2.75, 3.05) is 10.7 Å². The topological polar surface area (TPSA) is 35.9 Å². The molecule has 4 nitrogen and oxygen atoms in total. The molecule has 3 aromatic rings. The molecule has 138 valence electrons. The molecule has 0 aliphatic carbocycles. The van der Waals surface area contributed by atoms with Crippen molar-refractivity contribution in [1.29, 1.82) is 0 Å². The van der Waals surface area contributed by atoms with Gasteiger partial charge in [0.25, 0.3) is 5.91 Å². The van der Waals surface area contributed by atoms with Crippen molar-refractivity contribution in [3.63, 3.8) is 0 Å². The van der Waals surface area contributed by atoms with E-state index in [-0.39, 0.29) is 5.91 Å². The van der Waals surface area contributed by atoms with Crippen molar-refractivity contribution in [3.8, 4) is 0 Å². The molecule has 0 bridgehead atoms. The molecule has 0 N–H and O–H groups in total. The molecule has 0 unspecified atom stereocenters. The Balaban J connectivity index is 1.62. The molecular weight excluding hydrogens is 386 g/mol. The van der Waals surface area contributed by atoms with Crippen LogP contribution in [0, 0.1) is 0 Å². The van der Waals surface area contributed by atoms with Gasteiger partial charge in [0.1, 0.15) is 0 Å². The van der Waals surface area contributed by atoms with E-state index < -0.39 is 0 Å². The van der Waals surface area contributed by atoms with Gasteiger partial charge in [0.05, 0.1) is 12.0 Å². The van der Waals surface area contributed by atoms with Gasteiger partial charge in [-0.3, -0.25) is 4.79 Å². The number of nitrogens with zero attached hydrogens (tertiary/aromatic N) is 3. The SMILES string of the molecule is O=C1CSC(=S)N1/N=C\c1ccc(N(c2ccccc2)c2ccccc2)cc1. The molecule has 1 heterocycles. The van der Waals surface area contributed by atoms with Crippen LogP contribution in [0.1, 0.15) is 5.56 Å². The fourth-order valence-electron chi connectivity index (χ4n) is 2.89. The summed E-state index contributed by atoms with van der Waals surface area (Å²) in [5.74, 6) is 0.278. The second kappa shape index (κ2) is 8.37. The average molecular weight is 404 g/mol. The minimum atomic E-state index is -0.0813. The fraction of sp³-hybridized carbons (Fsp3) is 0.0455. The Kier molecular flexibility index (Phi) is 5.50. The smallest absolute Gasteiger partial charge is 0.259 e. The molecule has 6 heteroatoms. The van der Waals surface area contributed by atoms with Crippen LogP contribution in [0.2, 0.25) is 0 Å². The third-order valence-corrected chi connectivity index (χ3v) is 5.57. The summed E-state index contributed by atoms with van der Waals surface area (Å²) in [5.41, 5.74) is 4.11. The standard InChI is InChI=1S/C22H17N3OS2/c26-21-16-28-22(27)25(21)23-15-17-11-13-20(14-12-17)24(18-7-3-1-4-8-18)19-9-5-2-6-10-19/h1-15H,16H2/b23-15-. The number of rotatable bonds is 5. The van der Waals surface area contributed by atoms with Crippen LogP contribution in [-0.2, 0) is 4.79 Å². The molecule has 1 aliphatic heterocycles. The number of carbonyl (C=O) groups excluding carboxylic acids is 1. The van der Waals surface area contributed by atoms with Gasteiger partial charge in [-0.15, -0.1) is 0 Å². The van der Waals surface area contributed by atoms with Crippen LogP contribution in [-0.4, -0.2) is 27.2 Å². The first-order valence-corrected chi connectivity index (χ1v) is 10.2. The van der Waals surface area contributed by atoms with E-state index in [4.69, 9.17) is 12.2 Å². The summed E-state index contributed by atoms with van der Waals surface area (Å²) in [5, 5.41) is 5.52. The number of hydrogen-bond acceptors (Lipinski definition) is 5. The number of benzene rings is 3. The number of para-hydroxylation sites is 2. The molecular formula is C22H17N3OS2. The lowest BCUT2D eigenvalue weighted by atomic mass is 10.1. The van der Waals surface area contributed by atoms with Crippen LogP contribution >= 0.6 is 24.0 Å². The fourth-order valence-corrected chi connectivity index (χ4v) is 3.86. The van der Waals surface area contributed by atoms with Gasteiger partial charge in [-0.25, -0.2) is 0 Å². The van der Waals surface area contributed by atoms with Crippen LogP contribution < -0.4 is 4.90 Å². The highest BCUT2D eigenvalue weighted by Crippen LogP contribution is 2.33. The highest BCUT2D eigenvalue weighted by atomic mass is 32.2. The lowest BCUT2D eigenvalue weighted by molar-refractivity contribution is -0.123. The van der Waals surface area contributed by atoms with Crippen LogP contribution in [0.15, 0.2) is 90.0 Å². The first kappa shape index (κ1) is 18.4. The highest BCUT2D eigenvalue weighted by Gasteiger charge is 2.25. The summed E-state index contributed by atoms with van der Waals surface area (Å²) < 4.78 is 0.497. The molecule has 0 spiro atoms. The Hall–Kier alpha value is -2.96. The first-order valence-electron chi connectivity index (χ1n) is 8.76. The third-order valence-electron chi connectivity index (χ3n) is 4.23. The molecule has 4 rings (SSSR count). The maximum atomic E-state index is 11.8. The first-order chi connectivity index (χ1) is 13.7. The van der Waals surface area contributed by atoms with Crippen molar-refractivity contribution < 1.29 is 4.79 Å². The maximum absolute atomic E-state index is 11.8. The quantitative estimate of drug-likeness (QED) is 0.425. The van der Waals surface area contributed by atoms with Crippen LogP contribution in [0.4, 0.5) is 17.1 Å². The second-order valence-electron chi connectivity index (χ2n) is 6.10. The van der Waals surface area contributed by atoms with Crippen LogP contribution in [0.5, 0.6) is 0 Å². The molecule has 1 fully saturated rings. The summed E-state index contributed by atoms with van der Waals surface area (Å²) in [6.45, 7) is 0. The minimum absolute atomic E-state index is 0.0813. The summed E-state index contributed by atoms with van der Waals surface area (Å²) in [6.07, 6.45) is 1.66. The van der Waals surface area contributed by atoms with Gasteiger partial charge in [-0.05, 0) is 42.0 Å². The Morgan fingerprint density at radius 3 is 1.89 bits per heavy atom. The zero-order valence-corrected chi connectivity index (χ0v) is 16.6. The lowest BCUT2D eigenvalue weighted by Crippen LogP contribution is -2.22. The predicted octanol–water partition coefficient (Wildman–Crippen LogP) is 5.35. The molecule has 1 amide bonds. The minimum Gasteiger partial charge on any atom is -0.311 e.